The van der Waals surface area contributed by atoms with Gasteiger partial charge in [0.25, 0.3) is 5.91 Å². The van der Waals surface area contributed by atoms with Crippen LogP contribution >= 0.6 is 15.9 Å². The number of halogens is 1. The van der Waals surface area contributed by atoms with E-state index in [2.05, 4.69) is 21.2 Å². The van der Waals surface area contributed by atoms with Crippen molar-refractivity contribution >= 4 is 21.8 Å². The molecule has 6 heteroatoms. The van der Waals surface area contributed by atoms with Crippen molar-refractivity contribution < 1.29 is 14.6 Å². The summed E-state index contributed by atoms with van der Waals surface area (Å²) in [7, 11) is 0. The molecule has 0 aliphatic carbocycles. The summed E-state index contributed by atoms with van der Waals surface area (Å²) in [6.45, 7) is 5.12. The second-order valence-electron chi connectivity index (χ2n) is 5.55. The fourth-order valence-corrected chi connectivity index (χ4v) is 2.88. The zero-order chi connectivity index (χ0) is 14.8. The van der Waals surface area contributed by atoms with Crippen LogP contribution < -0.4 is 5.32 Å². The summed E-state index contributed by atoms with van der Waals surface area (Å²) in [5, 5.41) is 12.6. The molecule has 0 unspecified atom stereocenters. The van der Waals surface area contributed by atoms with Crippen LogP contribution in [-0.2, 0) is 4.74 Å². The number of rotatable bonds is 4. The van der Waals surface area contributed by atoms with Crippen molar-refractivity contribution in [3.8, 4) is 0 Å². The number of hydrogen-bond acceptors (Lipinski definition) is 3. The summed E-state index contributed by atoms with van der Waals surface area (Å²) >= 11 is 3.41. The molecule has 1 aliphatic heterocycles. The maximum Gasteiger partial charge on any atom is 0.268 e. The SMILES string of the molecule is CC(C)n1cc(Br)cc1C(=O)NC1(CO)CCOCC1. The van der Waals surface area contributed by atoms with E-state index in [1.165, 1.54) is 0 Å². The topological polar surface area (TPSA) is 63.5 Å². The molecule has 0 saturated carbocycles. The first-order valence-electron chi connectivity index (χ1n) is 6.86. The molecule has 112 valence electrons. The number of nitrogens with one attached hydrogen (secondary N) is 1. The van der Waals surface area contributed by atoms with Gasteiger partial charge in [-0.3, -0.25) is 4.79 Å². The number of aromatic nitrogens is 1. The largest absolute Gasteiger partial charge is 0.394 e. The minimum Gasteiger partial charge on any atom is -0.394 e. The zero-order valence-corrected chi connectivity index (χ0v) is 13.4. The summed E-state index contributed by atoms with van der Waals surface area (Å²) in [5.41, 5.74) is 0.0413. The van der Waals surface area contributed by atoms with Gasteiger partial charge in [-0.1, -0.05) is 0 Å². The van der Waals surface area contributed by atoms with Gasteiger partial charge in [-0.05, 0) is 48.7 Å². The summed E-state index contributed by atoms with van der Waals surface area (Å²) in [4.78, 5) is 12.5. The first-order chi connectivity index (χ1) is 9.47. The van der Waals surface area contributed by atoms with Crippen LogP contribution in [0.4, 0.5) is 0 Å². The number of carbonyl (C=O) groups is 1. The lowest BCUT2D eigenvalue weighted by Gasteiger charge is -2.36. The molecule has 0 spiro atoms. The van der Waals surface area contributed by atoms with Crippen molar-refractivity contribution in [2.45, 2.75) is 38.3 Å². The number of hydrogen-bond donors (Lipinski definition) is 2. The molecule has 2 heterocycles. The lowest BCUT2D eigenvalue weighted by molar-refractivity contribution is 0.0123. The quantitative estimate of drug-likeness (QED) is 0.879. The molecular formula is C14H21BrN2O3. The lowest BCUT2D eigenvalue weighted by Crippen LogP contribution is -2.54. The average molecular weight is 345 g/mol. The fraction of sp³-hybridized carbons (Fsp3) is 0.643. The molecule has 20 heavy (non-hydrogen) atoms. The molecule has 1 saturated heterocycles. The highest BCUT2D eigenvalue weighted by atomic mass is 79.9. The van der Waals surface area contributed by atoms with E-state index >= 15 is 0 Å². The first kappa shape index (κ1) is 15.5. The van der Waals surface area contributed by atoms with Gasteiger partial charge in [0.15, 0.2) is 0 Å². The predicted molar refractivity (Wildman–Crippen MR) is 79.9 cm³/mol. The summed E-state index contributed by atoms with van der Waals surface area (Å²) in [6.07, 6.45) is 3.17. The number of aliphatic hydroxyl groups excluding tert-OH is 1. The maximum atomic E-state index is 12.5. The van der Waals surface area contributed by atoms with E-state index in [-0.39, 0.29) is 18.6 Å². The van der Waals surface area contributed by atoms with Crippen molar-refractivity contribution in [3.63, 3.8) is 0 Å². The molecule has 1 aliphatic rings. The summed E-state index contributed by atoms with van der Waals surface area (Å²) < 4.78 is 8.10. The number of nitrogens with zero attached hydrogens (tertiary/aromatic N) is 1. The molecule has 1 aromatic heterocycles. The van der Waals surface area contributed by atoms with Crippen molar-refractivity contribution in [2.24, 2.45) is 0 Å². The van der Waals surface area contributed by atoms with E-state index in [9.17, 15) is 9.90 Å². The van der Waals surface area contributed by atoms with Crippen LogP contribution in [0.15, 0.2) is 16.7 Å². The van der Waals surface area contributed by atoms with Crippen molar-refractivity contribution in [2.75, 3.05) is 19.8 Å². The van der Waals surface area contributed by atoms with Gasteiger partial charge in [-0.15, -0.1) is 0 Å². The molecule has 2 rings (SSSR count). The van der Waals surface area contributed by atoms with E-state index in [1.807, 2.05) is 24.6 Å². The molecule has 5 nitrogen and oxygen atoms in total. The normalized spacial score (nSPS) is 18.2. The monoisotopic (exact) mass is 344 g/mol. The Hall–Kier alpha value is -0.850. The predicted octanol–water partition coefficient (Wildman–Crippen LogP) is 2.10. The second kappa shape index (κ2) is 6.28. The first-order valence-corrected chi connectivity index (χ1v) is 7.65. The molecule has 0 aromatic carbocycles. The summed E-state index contributed by atoms with van der Waals surface area (Å²) in [5.74, 6) is -0.152. The van der Waals surface area contributed by atoms with Crippen LogP contribution in [0.3, 0.4) is 0 Å². The standard InChI is InChI=1S/C14H21BrN2O3/c1-10(2)17-8-11(15)7-12(17)13(19)16-14(9-18)3-5-20-6-4-14/h7-8,10,18H,3-6,9H2,1-2H3,(H,16,19). The Bertz CT molecular complexity index is 479. The van der Waals surface area contributed by atoms with Gasteiger partial charge in [-0.25, -0.2) is 0 Å². The van der Waals surface area contributed by atoms with Crippen LogP contribution in [0, 0.1) is 0 Å². The maximum absolute atomic E-state index is 12.5. The Morgan fingerprint density at radius 3 is 2.75 bits per heavy atom. The molecule has 1 aromatic rings. The number of amides is 1. The smallest absolute Gasteiger partial charge is 0.268 e. The van der Waals surface area contributed by atoms with Crippen molar-refractivity contribution in [3.05, 3.63) is 22.4 Å². The van der Waals surface area contributed by atoms with Gasteiger partial charge in [-0.2, -0.15) is 0 Å². The third-order valence-electron chi connectivity index (χ3n) is 3.74. The Labute approximate surface area is 127 Å². The van der Waals surface area contributed by atoms with Crippen LogP contribution in [0.2, 0.25) is 0 Å². The molecule has 2 N–H and O–H groups in total. The Morgan fingerprint density at radius 2 is 2.20 bits per heavy atom. The van der Waals surface area contributed by atoms with Crippen LogP contribution in [0.1, 0.15) is 43.2 Å². The van der Waals surface area contributed by atoms with Crippen LogP contribution in [-0.4, -0.2) is 40.9 Å². The molecular weight excluding hydrogens is 324 g/mol. The molecule has 0 radical (unpaired) electrons. The van der Waals surface area contributed by atoms with Crippen molar-refractivity contribution in [1.82, 2.24) is 9.88 Å². The minimum absolute atomic E-state index is 0.0638. The highest BCUT2D eigenvalue weighted by Gasteiger charge is 2.34. The molecule has 0 atom stereocenters. The molecule has 1 amide bonds. The van der Waals surface area contributed by atoms with Gasteiger partial charge in [0.1, 0.15) is 5.69 Å². The van der Waals surface area contributed by atoms with Crippen molar-refractivity contribution in [1.29, 1.82) is 0 Å². The third kappa shape index (κ3) is 3.24. The van der Waals surface area contributed by atoms with E-state index in [1.54, 1.807) is 6.07 Å². The van der Waals surface area contributed by atoms with E-state index in [0.29, 0.717) is 31.7 Å². The van der Waals surface area contributed by atoms with E-state index in [4.69, 9.17) is 4.74 Å². The number of aliphatic hydroxyl groups is 1. The number of ether oxygens (including phenoxy) is 1. The van der Waals surface area contributed by atoms with E-state index in [0.717, 1.165) is 4.47 Å². The van der Waals surface area contributed by atoms with E-state index < -0.39 is 5.54 Å². The Balaban J connectivity index is 2.19. The van der Waals surface area contributed by atoms with Gasteiger partial charge in [0, 0.05) is 29.9 Å². The second-order valence-corrected chi connectivity index (χ2v) is 6.47. The highest BCUT2D eigenvalue weighted by Crippen LogP contribution is 2.23. The van der Waals surface area contributed by atoms with Gasteiger partial charge in [0.05, 0.1) is 12.1 Å². The lowest BCUT2D eigenvalue weighted by atomic mass is 9.91. The van der Waals surface area contributed by atoms with Gasteiger partial charge in [0.2, 0.25) is 0 Å². The van der Waals surface area contributed by atoms with Gasteiger partial charge < -0.3 is 19.7 Å². The fourth-order valence-electron chi connectivity index (χ4n) is 2.44. The highest BCUT2D eigenvalue weighted by molar-refractivity contribution is 9.10. The zero-order valence-electron chi connectivity index (χ0n) is 11.9. The molecule has 1 fully saturated rings. The summed E-state index contributed by atoms with van der Waals surface area (Å²) in [6, 6.07) is 2.00. The number of carbonyl (C=O) groups excluding carboxylic acids is 1. The van der Waals surface area contributed by atoms with Crippen LogP contribution in [0.25, 0.3) is 0 Å². The van der Waals surface area contributed by atoms with Gasteiger partial charge >= 0.3 is 0 Å². The molecule has 0 bridgehead atoms. The minimum atomic E-state index is -0.562. The third-order valence-corrected chi connectivity index (χ3v) is 4.17. The Morgan fingerprint density at radius 1 is 1.55 bits per heavy atom. The van der Waals surface area contributed by atoms with Crippen LogP contribution in [0.5, 0.6) is 0 Å². The Kier molecular flexibility index (Phi) is 4.88. The average Bonchev–Trinajstić information content (AvgIpc) is 2.82.